The summed E-state index contributed by atoms with van der Waals surface area (Å²) in [6.45, 7) is 1.81. The maximum atomic E-state index is 13.1. The highest BCUT2D eigenvalue weighted by atomic mass is 16.5. The first-order chi connectivity index (χ1) is 16.4. The van der Waals surface area contributed by atoms with Crippen LogP contribution in [0, 0.1) is 6.92 Å². The van der Waals surface area contributed by atoms with Gasteiger partial charge in [-0.25, -0.2) is 0 Å². The van der Waals surface area contributed by atoms with E-state index in [-0.39, 0.29) is 17.0 Å². The zero-order valence-electron chi connectivity index (χ0n) is 18.6. The molecule has 4 aromatic rings. The third-order valence-electron chi connectivity index (χ3n) is 5.35. The molecule has 0 aliphatic rings. The second-order valence-corrected chi connectivity index (χ2v) is 7.56. The van der Waals surface area contributed by atoms with E-state index in [9.17, 15) is 14.7 Å². The zero-order valence-corrected chi connectivity index (χ0v) is 18.6. The Morgan fingerprint density at radius 2 is 1.71 bits per heavy atom. The lowest BCUT2D eigenvalue weighted by Crippen LogP contribution is -2.13. The molecule has 0 aliphatic heterocycles. The van der Waals surface area contributed by atoms with Gasteiger partial charge in [-0.05, 0) is 48.2 Å². The van der Waals surface area contributed by atoms with Crippen molar-refractivity contribution in [2.45, 2.75) is 6.92 Å². The molecule has 0 heterocycles. The number of rotatable bonds is 6. The van der Waals surface area contributed by atoms with E-state index in [1.807, 2.05) is 19.1 Å². The van der Waals surface area contributed by atoms with Gasteiger partial charge in [-0.2, -0.15) is 5.11 Å². The number of azo groups is 1. The summed E-state index contributed by atoms with van der Waals surface area (Å²) < 4.78 is 5.29. The van der Waals surface area contributed by atoms with Crippen molar-refractivity contribution in [3.8, 4) is 11.5 Å². The average molecular weight is 454 g/mol. The minimum Gasteiger partial charge on any atom is -0.505 e. The second-order valence-electron chi connectivity index (χ2n) is 7.56. The number of anilines is 1. The van der Waals surface area contributed by atoms with Crippen molar-refractivity contribution in [1.82, 2.24) is 0 Å². The maximum absolute atomic E-state index is 13.1. The number of aryl methyl sites for hydroxylation is 1. The van der Waals surface area contributed by atoms with Crippen LogP contribution >= 0.6 is 0 Å². The van der Waals surface area contributed by atoms with Crippen LogP contribution in [0.4, 0.5) is 17.1 Å². The summed E-state index contributed by atoms with van der Waals surface area (Å²) in [6.07, 6.45) is 0. The van der Waals surface area contributed by atoms with Crippen molar-refractivity contribution >= 4 is 39.6 Å². The molecule has 0 saturated carbocycles. The Morgan fingerprint density at radius 3 is 2.47 bits per heavy atom. The average Bonchev–Trinajstić information content (AvgIpc) is 2.84. The lowest BCUT2D eigenvalue weighted by molar-refractivity contribution is 0.0997. The van der Waals surface area contributed by atoms with Gasteiger partial charge in [0, 0.05) is 10.9 Å². The molecule has 0 aromatic heterocycles. The Labute approximate surface area is 195 Å². The highest BCUT2D eigenvalue weighted by molar-refractivity contribution is 6.12. The summed E-state index contributed by atoms with van der Waals surface area (Å²) >= 11 is 0. The number of methoxy groups -OCH3 is 1. The van der Waals surface area contributed by atoms with Crippen LogP contribution in [0.2, 0.25) is 0 Å². The molecule has 0 spiro atoms. The maximum Gasteiger partial charge on any atom is 0.259 e. The molecule has 0 bridgehead atoms. The molecule has 0 aliphatic carbocycles. The Kier molecular flexibility index (Phi) is 6.22. The molecule has 0 saturated heterocycles. The minimum absolute atomic E-state index is 0.0289. The summed E-state index contributed by atoms with van der Waals surface area (Å²) in [7, 11) is 1.51. The van der Waals surface area contributed by atoms with Gasteiger partial charge in [-0.3, -0.25) is 9.59 Å². The SMILES string of the molecule is COc1ccccc1NC(=O)c1cc2ccccc2c(N=Nc2cc(C(N)=O)ccc2C)c1O. The Hall–Kier alpha value is -4.72. The fraction of sp³-hybridized carbons (Fsp3) is 0.0769. The van der Waals surface area contributed by atoms with Crippen LogP contribution in [0.3, 0.4) is 0 Å². The lowest BCUT2D eigenvalue weighted by Gasteiger charge is -2.13. The molecule has 4 aromatic carbocycles. The molecular weight excluding hydrogens is 432 g/mol. The molecule has 0 fully saturated rings. The molecule has 34 heavy (non-hydrogen) atoms. The number of hydrogen-bond donors (Lipinski definition) is 3. The molecular formula is C26H22N4O4. The number of phenols is 1. The van der Waals surface area contributed by atoms with Crippen molar-refractivity contribution < 1.29 is 19.4 Å². The Balaban J connectivity index is 1.79. The summed E-state index contributed by atoms with van der Waals surface area (Å²) in [5, 5.41) is 23.6. The molecule has 0 radical (unpaired) electrons. The van der Waals surface area contributed by atoms with Gasteiger partial charge in [0.1, 0.15) is 11.4 Å². The number of amides is 2. The van der Waals surface area contributed by atoms with Crippen LogP contribution < -0.4 is 15.8 Å². The number of benzene rings is 4. The van der Waals surface area contributed by atoms with Gasteiger partial charge in [0.2, 0.25) is 5.91 Å². The number of para-hydroxylation sites is 2. The lowest BCUT2D eigenvalue weighted by atomic mass is 10.0. The standard InChI is InChI=1S/C26H22N4O4/c1-15-11-12-17(25(27)32)14-21(15)29-30-23-18-8-4-3-7-16(18)13-19(24(23)31)26(33)28-20-9-5-6-10-22(20)34-2/h3-14,31H,1-2H3,(H2,27,32)(H,28,33). The first-order valence-electron chi connectivity index (χ1n) is 10.4. The molecule has 8 heteroatoms. The smallest absolute Gasteiger partial charge is 0.259 e. The summed E-state index contributed by atoms with van der Waals surface area (Å²) in [4.78, 5) is 24.6. The topological polar surface area (TPSA) is 126 Å². The van der Waals surface area contributed by atoms with Gasteiger partial charge in [-0.1, -0.05) is 42.5 Å². The number of nitrogens with two attached hydrogens (primary N) is 1. The van der Waals surface area contributed by atoms with Crippen molar-refractivity contribution in [3.05, 3.63) is 89.5 Å². The van der Waals surface area contributed by atoms with Crippen molar-refractivity contribution in [2.75, 3.05) is 12.4 Å². The van der Waals surface area contributed by atoms with Gasteiger partial charge in [0.15, 0.2) is 5.75 Å². The van der Waals surface area contributed by atoms with E-state index in [0.29, 0.717) is 33.5 Å². The molecule has 170 valence electrons. The summed E-state index contributed by atoms with van der Waals surface area (Å²) in [6, 6.07) is 20.6. The highest BCUT2D eigenvalue weighted by Crippen LogP contribution is 2.40. The number of phenolic OH excluding ortho intramolecular Hbond substituents is 1. The number of nitrogens with one attached hydrogen (secondary N) is 1. The van der Waals surface area contributed by atoms with Gasteiger partial charge >= 0.3 is 0 Å². The molecule has 2 amide bonds. The van der Waals surface area contributed by atoms with Crippen LogP contribution in [-0.4, -0.2) is 24.0 Å². The number of carbonyl (C=O) groups is 2. The van der Waals surface area contributed by atoms with Gasteiger partial charge in [0.25, 0.3) is 5.91 Å². The predicted octanol–water partition coefficient (Wildman–Crippen LogP) is 5.63. The van der Waals surface area contributed by atoms with Gasteiger partial charge in [-0.15, -0.1) is 5.11 Å². The second kappa shape index (κ2) is 9.41. The zero-order chi connectivity index (χ0) is 24.2. The van der Waals surface area contributed by atoms with Gasteiger partial charge in [0.05, 0.1) is 24.0 Å². The predicted molar refractivity (Wildman–Crippen MR) is 130 cm³/mol. The third-order valence-corrected chi connectivity index (χ3v) is 5.35. The first-order valence-corrected chi connectivity index (χ1v) is 10.4. The number of carbonyl (C=O) groups excluding carboxylic acids is 2. The van der Waals surface area contributed by atoms with E-state index < -0.39 is 11.8 Å². The van der Waals surface area contributed by atoms with E-state index >= 15 is 0 Å². The molecule has 0 atom stereocenters. The van der Waals surface area contributed by atoms with Gasteiger partial charge < -0.3 is 20.9 Å². The monoisotopic (exact) mass is 454 g/mol. The van der Waals surface area contributed by atoms with E-state index in [1.165, 1.54) is 13.2 Å². The summed E-state index contributed by atoms with van der Waals surface area (Å²) in [5.74, 6) is -0.949. The number of primary amides is 1. The third kappa shape index (κ3) is 4.42. The summed E-state index contributed by atoms with van der Waals surface area (Å²) in [5.41, 5.74) is 7.47. The molecule has 4 N–H and O–H groups in total. The number of nitrogens with zero attached hydrogens (tertiary/aromatic N) is 2. The van der Waals surface area contributed by atoms with E-state index in [0.717, 1.165) is 5.56 Å². The van der Waals surface area contributed by atoms with Crippen LogP contribution in [-0.2, 0) is 0 Å². The first kappa shape index (κ1) is 22.5. The van der Waals surface area contributed by atoms with Crippen molar-refractivity contribution in [3.63, 3.8) is 0 Å². The van der Waals surface area contributed by atoms with Crippen LogP contribution in [0.15, 0.2) is 83.0 Å². The van der Waals surface area contributed by atoms with Crippen LogP contribution in [0.5, 0.6) is 11.5 Å². The van der Waals surface area contributed by atoms with E-state index in [2.05, 4.69) is 15.5 Å². The highest BCUT2D eigenvalue weighted by Gasteiger charge is 2.19. The normalized spacial score (nSPS) is 11.0. The fourth-order valence-corrected chi connectivity index (χ4v) is 3.50. The number of aromatic hydroxyl groups is 1. The minimum atomic E-state index is -0.584. The molecule has 0 unspecified atom stereocenters. The number of hydrogen-bond acceptors (Lipinski definition) is 6. The Morgan fingerprint density at radius 1 is 0.971 bits per heavy atom. The molecule has 4 rings (SSSR count). The molecule has 8 nitrogen and oxygen atoms in total. The van der Waals surface area contributed by atoms with Crippen LogP contribution in [0.1, 0.15) is 26.3 Å². The van der Waals surface area contributed by atoms with E-state index in [4.69, 9.17) is 10.5 Å². The number of ether oxygens (including phenoxy) is 1. The largest absolute Gasteiger partial charge is 0.505 e. The number of fused-ring (bicyclic) bond motifs is 1. The fourth-order valence-electron chi connectivity index (χ4n) is 3.50. The van der Waals surface area contributed by atoms with E-state index in [1.54, 1.807) is 54.6 Å². The van der Waals surface area contributed by atoms with Crippen molar-refractivity contribution in [1.29, 1.82) is 0 Å². The van der Waals surface area contributed by atoms with Crippen LogP contribution in [0.25, 0.3) is 10.8 Å². The van der Waals surface area contributed by atoms with Crippen molar-refractivity contribution in [2.24, 2.45) is 16.0 Å². The quantitative estimate of drug-likeness (QED) is 0.326. The Bertz CT molecular complexity index is 1450.